The van der Waals surface area contributed by atoms with Crippen LogP contribution in [0.2, 0.25) is 0 Å². The normalized spacial score (nSPS) is 21.9. The Bertz CT molecular complexity index is 817. The molecule has 0 saturated heterocycles. The Kier molecular flexibility index (Phi) is 3.58. The van der Waals surface area contributed by atoms with Crippen LogP contribution in [-0.2, 0) is 20.7 Å². The fourth-order valence-electron chi connectivity index (χ4n) is 3.57. The van der Waals surface area contributed by atoms with Crippen LogP contribution in [0.15, 0.2) is 48.5 Å². The van der Waals surface area contributed by atoms with Crippen LogP contribution in [0.25, 0.3) is 0 Å². The lowest BCUT2D eigenvalue weighted by atomic mass is 9.97. The number of carbonyl (C=O) groups excluding carboxylic acids is 1. The molecule has 2 aromatic rings. The number of ether oxygens (including phenoxy) is 1. The zero-order chi connectivity index (χ0) is 16.7. The molecular weight excluding hydrogens is 306 g/mol. The van der Waals surface area contributed by atoms with E-state index in [-0.39, 0.29) is 12.5 Å². The zero-order valence-electron chi connectivity index (χ0n) is 13.0. The number of para-hydroxylation sites is 1. The first-order valence-electron chi connectivity index (χ1n) is 7.99. The molecule has 0 bridgehead atoms. The van der Waals surface area contributed by atoms with Gasteiger partial charge in [-0.05, 0) is 29.2 Å². The second-order valence-corrected chi connectivity index (χ2v) is 6.10. The minimum absolute atomic E-state index is 0.148. The molecule has 122 valence electrons. The number of carboxylic acids is 1. The molecule has 24 heavy (non-hydrogen) atoms. The van der Waals surface area contributed by atoms with E-state index < -0.39 is 18.0 Å². The summed E-state index contributed by atoms with van der Waals surface area (Å²) in [6.45, 7) is 0.640. The van der Waals surface area contributed by atoms with Crippen molar-refractivity contribution in [3.63, 3.8) is 0 Å². The summed E-state index contributed by atoms with van der Waals surface area (Å²) in [5.41, 5.74) is 3.35. The SMILES string of the molecule is O=C(O)C1CN(C(=O)C2OCCc3ccccc32)c2ccccc21. The Morgan fingerprint density at radius 3 is 2.54 bits per heavy atom. The molecule has 2 aromatic carbocycles. The van der Waals surface area contributed by atoms with Crippen molar-refractivity contribution in [1.29, 1.82) is 0 Å². The molecule has 0 radical (unpaired) electrons. The lowest BCUT2D eigenvalue weighted by molar-refractivity contribution is -0.138. The van der Waals surface area contributed by atoms with E-state index in [1.165, 1.54) is 0 Å². The van der Waals surface area contributed by atoms with Gasteiger partial charge in [0, 0.05) is 12.2 Å². The van der Waals surface area contributed by atoms with E-state index in [0.29, 0.717) is 17.9 Å². The summed E-state index contributed by atoms with van der Waals surface area (Å²) in [6.07, 6.45) is 0.115. The summed E-state index contributed by atoms with van der Waals surface area (Å²) < 4.78 is 5.75. The van der Waals surface area contributed by atoms with Gasteiger partial charge in [0.1, 0.15) is 5.92 Å². The van der Waals surface area contributed by atoms with Crippen molar-refractivity contribution in [3.8, 4) is 0 Å². The Balaban J connectivity index is 1.71. The quantitative estimate of drug-likeness (QED) is 0.922. The molecule has 2 heterocycles. The van der Waals surface area contributed by atoms with Gasteiger partial charge in [-0.1, -0.05) is 42.5 Å². The van der Waals surface area contributed by atoms with Gasteiger partial charge in [0.2, 0.25) is 0 Å². The molecule has 1 N–H and O–H groups in total. The highest BCUT2D eigenvalue weighted by molar-refractivity contribution is 6.01. The van der Waals surface area contributed by atoms with E-state index in [1.807, 2.05) is 30.3 Å². The number of fused-ring (bicyclic) bond motifs is 2. The van der Waals surface area contributed by atoms with Crippen molar-refractivity contribution < 1.29 is 19.4 Å². The van der Waals surface area contributed by atoms with E-state index in [0.717, 1.165) is 17.5 Å². The zero-order valence-corrected chi connectivity index (χ0v) is 13.0. The number of benzene rings is 2. The Morgan fingerprint density at radius 1 is 1.04 bits per heavy atom. The van der Waals surface area contributed by atoms with Crippen molar-refractivity contribution in [2.75, 3.05) is 18.1 Å². The summed E-state index contributed by atoms with van der Waals surface area (Å²) in [7, 11) is 0. The van der Waals surface area contributed by atoms with Gasteiger partial charge in [-0.2, -0.15) is 0 Å². The average molecular weight is 323 g/mol. The molecular formula is C19H17NO4. The van der Waals surface area contributed by atoms with E-state index in [9.17, 15) is 14.7 Å². The Labute approximate surface area is 139 Å². The molecule has 1 amide bonds. The van der Waals surface area contributed by atoms with Crippen LogP contribution in [-0.4, -0.2) is 30.1 Å². The fourth-order valence-corrected chi connectivity index (χ4v) is 3.57. The largest absolute Gasteiger partial charge is 0.481 e. The van der Waals surface area contributed by atoms with Crippen molar-refractivity contribution in [1.82, 2.24) is 0 Å². The number of carbonyl (C=O) groups is 2. The van der Waals surface area contributed by atoms with Crippen LogP contribution in [0, 0.1) is 0 Å². The van der Waals surface area contributed by atoms with Crippen LogP contribution in [0.1, 0.15) is 28.7 Å². The molecule has 4 rings (SSSR count). The number of carboxylic acid groups (broad SMARTS) is 1. The topological polar surface area (TPSA) is 66.8 Å². The predicted molar refractivity (Wildman–Crippen MR) is 88.0 cm³/mol. The molecule has 0 spiro atoms. The number of amides is 1. The molecule has 2 atom stereocenters. The summed E-state index contributed by atoms with van der Waals surface area (Å²) in [5, 5.41) is 9.46. The number of aliphatic carboxylic acids is 1. The third kappa shape index (κ3) is 2.29. The lowest BCUT2D eigenvalue weighted by Crippen LogP contribution is -2.38. The Morgan fingerprint density at radius 2 is 1.75 bits per heavy atom. The van der Waals surface area contributed by atoms with Crippen LogP contribution >= 0.6 is 0 Å². The van der Waals surface area contributed by atoms with Crippen LogP contribution in [0.3, 0.4) is 0 Å². The highest BCUT2D eigenvalue weighted by Crippen LogP contribution is 2.39. The monoisotopic (exact) mass is 323 g/mol. The molecule has 2 aliphatic rings. The average Bonchev–Trinajstić information content (AvgIpc) is 3.00. The van der Waals surface area contributed by atoms with Gasteiger partial charge >= 0.3 is 5.97 Å². The maximum absolute atomic E-state index is 13.1. The summed E-state index contributed by atoms with van der Waals surface area (Å²) in [5.74, 6) is -1.80. The molecule has 0 aromatic heterocycles. The first kappa shape index (κ1) is 14.9. The second kappa shape index (κ2) is 5.76. The van der Waals surface area contributed by atoms with E-state index in [4.69, 9.17) is 4.74 Å². The standard InChI is InChI=1S/C19H17NO4/c21-18(17-13-6-2-1-5-12(13)9-10-24-17)20-11-15(19(22)23)14-7-3-4-8-16(14)20/h1-8,15,17H,9-11H2,(H,22,23). The van der Waals surface area contributed by atoms with Crippen LogP contribution < -0.4 is 4.90 Å². The third-order valence-electron chi connectivity index (χ3n) is 4.75. The molecule has 5 heteroatoms. The van der Waals surface area contributed by atoms with E-state index in [2.05, 4.69) is 0 Å². The fraction of sp³-hybridized carbons (Fsp3) is 0.263. The van der Waals surface area contributed by atoms with Crippen molar-refractivity contribution in [2.24, 2.45) is 0 Å². The second-order valence-electron chi connectivity index (χ2n) is 6.10. The minimum Gasteiger partial charge on any atom is -0.481 e. The van der Waals surface area contributed by atoms with Gasteiger partial charge in [0.15, 0.2) is 6.10 Å². The van der Waals surface area contributed by atoms with Crippen molar-refractivity contribution in [2.45, 2.75) is 18.4 Å². The molecule has 0 aliphatic carbocycles. The maximum Gasteiger partial charge on any atom is 0.312 e. The highest BCUT2D eigenvalue weighted by Gasteiger charge is 2.40. The Hall–Kier alpha value is -2.66. The van der Waals surface area contributed by atoms with Gasteiger partial charge < -0.3 is 14.7 Å². The van der Waals surface area contributed by atoms with E-state index >= 15 is 0 Å². The van der Waals surface area contributed by atoms with Gasteiger partial charge in [-0.3, -0.25) is 9.59 Å². The van der Waals surface area contributed by atoms with Crippen molar-refractivity contribution in [3.05, 3.63) is 65.2 Å². The van der Waals surface area contributed by atoms with Crippen molar-refractivity contribution >= 4 is 17.6 Å². The summed E-state index contributed by atoms with van der Waals surface area (Å²) >= 11 is 0. The van der Waals surface area contributed by atoms with Gasteiger partial charge in [0.25, 0.3) is 5.91 Å². The molecule has 2 aliphatic heterocycles. The number of rotatable bonds is 2. The molecule has 0 fully saturated rings. The summed E-state index contributed by atoms with van der Waals surface area (Å²) in [6, 6.07) is 15.0. The number of nitrogens with zero attached hydrogens (tertiary/aromatic N) is 1. The van der Waals surface area contributed by atoms with Gasteiger partial charge in [-0.25, -0.2) is 0 Å². The van der Waals surface area contributed by atoms with Crippen LogP contribution in [0.5, 0.6) is 0 Å². The number of anilines is 1. The van der Waals surface area contributed by atoms with Crippen LogP contribution in [0.4, 0.5) is 5.69 Å². The minimum atomic E-state index is -0.914. The number of hydrogen-bond acceptors (Lipinski definition) is 3. The van der Waals surface area contributed by atoms with E-state index in [1.54, 1.807) is 23.1 Å². The van der Waals surface area contributed by atoms with Gasteiger partial charge in [-0.15, -0.1) is 0 Å². The molecule has 2 unspecified atom stereocenters. The predicted octanol–water partition coefficient (Wildman–Crippen LogP) is 2.52. The maximum atomic E-state index is 13.1. The lowest BCUT2D eigenvalue weighted by Gasteiger charge is -2.29. The third-order valence-corrected chi connectivity index (χ3v) is 4.75. The summed E-state index contributed by atoms with van der Waals surface area (Å²) in [4.78, 5) is 26.2. The smallest absolute Gasteiger partial charge is 0.312 e. The van der Waals surface area contributed by atoms with Gasteiger partial charge in [0.05, 0.1) is 6.61 Å². The first-order valence-corrected chi connectivity index (χ1v) is 7.99. The first-order chi connectivity index (χ1) is 11.7. The molecule has 0 saturated carbocycles. The number of hydrogen-bond donors (Lipinski definition) is 1. The molecule has 5 nitrogen and oxygen atoms in total. The highest BCUT2D eigenvalue weighted by atomic mass is 16.5.